The SMILES string of the molecule is Cc1cc(NC2CCCN(c3nc(C)c(Cl)c(C)c3C#N)C2)ncn1. The molecule has 0 aromatic carbocycles. The van der Waals surface area contributed by atoms with Gasteiger partial charge in [0, 0.05) is 30.9 Å². The molecule has 1 N–H and O–H groups in total. The third-order valence-corrected chi connectivity index (χ3v) is 5.06. The number of rotatable bonds is 3. The maximum Gasteiger partial charge on any atom is 0.147 e. The van der Waals surface area contributed by atoms with Gasteiger partial charge in [-0.1, -0.05) is 11.6 Å². The molecule has 25 heavy (non-hydrogen) atoms. The van der Waals surface area contributed by atoms with Gasteiger partial charge < -0.3 is 10.2 Å². The molecule has 2 aromatic heterocycles. The van der Waals surface area contributed by atoms with Crippen LogP contribution < -0.4 is 10.2 Å². The van der Waals surface area contributed by atoms with Crippen LogP contribution in [0.2, 0.25) is 5.02 Å². The molecule has 0 amide bonds. The van der Waals surface area contributed by atoms with Crippen LogP contribution in [-0.2, 0) is 0 Å². The Labute approximate surface area is 152 Å². The van der Waals surface area contributed by atoms with Crippen LogP contribution in [0.3, 0.4) is 0 Å². The Hall–Kier alpha value is -2.39. The largest absolute Gasteiger partial charge is 0.365 e. The first-order valence-electron chi connectivity index (χ1n) is 8.36. The normalized spacial score (nSPS) is 17.2. The van der Waals surface area contributed by atoms with Crippen LogP contribution in [0.1, 0.15) is 35.4 Å². The lowest BCUT2D eigenvalue weighted by molar-refractivity contribution is 0.525. The Morgan fingerprint density at radius 1 is 1.32 bits per heavy atom. The maximum atomic E-state index is 9.57. The van der Waals surface area contributed by atoms with Crippen molar-refractivity contribution in [2.24, 2.45) is 0 Å². The summed E-state index contributed by atoms with van der Waals surface area (Å²) in [7, 11) is 0. The van der Waals surface area contributed by atoms with Gasteiger partial charge in [-0.15, -0.1) is 0 Å². The fourth-order valence-electron chi connectivity index (χ4n) is 3.21. The molecule has 1 atom stereocenters. The number of nitrogens with zero attached hydrogens (tertiary/aromatic N) is 5. The summed E-state index contributed by atoms with van der Waals surface area (Å²) in [4.78, 5) is 15.2. The van der Waals surface area contributed by atoms with Crippen LogP contribution in [-0.4, -0.2) is 34.1 Å². The second-order valence-electron chi connectivity index (χ2n) is 6.42. The van der Waals surface area contributed by atoms with Crippen LogP contribution in [0, 0.1) is 32.1 Å². The number of nitrogens with one attached hydrogen (secondary N) is 1. The third-order valence-electron chi connectivity index (χ3n) is 4.51. The highest BCUT2D eigenvalue weighted by Crippen LogP contribution is 2.30. The summed E-state index contributed by atoms with van der Waals surface area (Å²) in [6.07, 6.45) is 3.64. The summed E-state index contributed by atoms with van der Waals surface area (Å²) < 4.78 is 0. The van der Waals surface area contributed by atoms with Crippen molar-refractivity contribution in [3.05, 3.63) is 39.9 Å². The summed E-state index contributed by atoms with van der Waals surface area (Å²) in [6.45, 7) is 7.35. The van der Waals surface area contributed by atoms with Crippen LogP contribution >= 0.6 is 11.6 Å². The zero-order valence-corrected chi connectivity index (χ0v) is 15.4. The molecule has 1 aliphatic rings. The van der Waals surface area contributed by atoms with Crippen molar-refractivity contribution < 1.29 is 0 Å². The number of hydrogen-bond acceptors (Lipinski definition) is 6. The molecule has 1 fully saturated rings. The first kappa shape index (κ1) is 17.4. The summed E-state index contributed by atoms with van der Waals surface area (Å²) in [5.41, 5.74) is 3.06. The Morgan fingerprint density at radius 2 is 2.12 bits per heavy atom. The topological polar surface area (TPSA) is 77.7 Å². The second-order valence-corrected chi connectivity index (χ2v) is 6.80. The third kappa shape index (κ3) is 3.67. The van der Waals surface area contributed by atoms with Gasteiger partial charge in [0.25, 0.3) is 0 Å². The lowest BCUT2D eigenvalue weighted by Gasteiger charge is -2.35. The van der Waals surface area contributed by atoms with Gasteiger partial charge in [0.2, 0.25) is 0 Å². The standard InChI is InChI=1S/C18H21ClN6/c1-11-7-16(22-10-21-11)24-14-5-4-6-25(9-14)18-15(8-20)12(2)17(19)13(3)23-18/h7,10,14H,4-6,9H2,1-3H3,(H,21,22,24). The number of anilines is 2. The van der Waals surface area contributed by atoms with Crippen molar-refractivity contribution in [1.82, 2.24) is 15.0 Å². The highest BCUT2D eigenvalue weighted by atomic mass is 35.5. The monoisotopic (exact) mass is 356 g/mol. The molecule has 1 saturated heterocycles. The number of piperidine rings is 1. The van der Waals surface area contributed by atoms with E-state index < -0.39 is 0 Å². The van der Waals surface area contributed by atoms with E-state index in [2.05, 4.69) is 31.2 Å². The Balaban J connectivity index is 1.83. The van der Waals surface area contributed by atoms with Gasteiger partial charge in [-0.2, -0.15) is 5.26 Å². The van der Waals surface area contributed by atoms with E-state index in [1.54, 1.807) is 6.33 Å². The summed E-state index contributed by atoms with van der Waals surface area (Å²) in [5, 5.41) is 13.6. The fraction of sp³-hybridized carbons (Fsp3) is 0.444. The number of aryl methyl sites for hydroxylation is 2. The zero-order valence-electron chi connectivity index (χ0n) is 14.7. The van der Waals surface area contributed by atoms with Crippen molar-refractivity contribution in [1.29, 1.82) is 5.26 Å². The first-order valence-corrected chi connectivity index (χ1v) is 8.74. The molecular weight excluding hydrogens is 336 g/mol. The average molecular weight is 357 g/mol. The summed E-state index contributed by atoms with van der Waals surface area (Å²) in [6, 6.07) is 4.45. The van der Waals surface area contributed by atoms with Gasteiger partial charge in [0.15, 0.2) is 0 Å². The molecule has 2 aromatic rings. The molecule has 1 aliphatic heterocycles. The van der Waals surface area contributed by atoms with Gasteiger partial charge >= 0.3 is 0 Å². The Kier molecular flexibility index (Phi) is 5.05. The minimum absolute atomic E-state index is 0.243. The molecule has 6 nitrogen and oxygen atoms in total. The van der Waals surface area contributed by atoms with Crippen molar-refractivity contribution in [3.8, 4) is 6.07 Å². The van der Waals surface area contributed by atoms with E-state index in [4.69, 9.17) is 11.6 Å². The van der Waals surface area contributed by atoms with Crippen molar-refractivity contribution >= 4 is 23.2 Å². The van der Waals surface area contributed by atoms with Gasteiger partial charge in [-0.05, 0) is 39.2 Å². The van der Waals surface area contributed by atoms with Gasteiger partial charge in [0.1, 0.15) is 24.0 Å². The van der Waals surface area contributed by atoms with Crippen LogP contribution in [0.25, 0.3) is 0 Å². The van der Waals surface area contributed by atoms with E-state index >= 15 is 0 Å². The number of aromatic nitrogens is 3. The van der Waals surface area contributed by atoms with Crippen molar-refractivity contribution in [2.75, 3.05) is 23.3 Å². The molecule has 3 rings (SSSR count). The molecule has 130 valence electrons. The second kappa shape index (κ2) is 7.24. The fourth-order valence-corrected chi connectivity index (χ4v) is 3.34. The molecule has 0 saturated carbocycles. The molecule has 0 spiro atoms. The summed E-state index contributed by atoms with van der Waals surface area (Å²) in [5.74, 6) is 1.56. The minimum atomic E-state index is 0.243. The average Bonchev–Trinajstić information content (AvgIpc) is 2.60. The van der Waals surface area contributed by atoms with E-state index in [1.807, 2.05) is 26.8 Å². The maximum absolute atomic E-state index is 9.57. The minimum Gasteiger partial charge on any atom is -0.365 e. The van der Waals surface area contributed by atoms with Gasteiger partial charge in [0.05, 0.1) is 16.3 Å². The number of pyridine rings is 1. The number of hydrogen-bond donors (Lipinski definition) is 1. The molecule has 0 bridgehead atoms. The highest BCUT2D eigenvalue weighted by Gasteiger charge is 2.25. The molecule has 7 heteroatoms. The van der Waals surface area contributed by atoms with E-state index in [-0.39, 0.29) is 6.04 Å². The smallest absolute Gasteiger partial charge is 0.147 e. The molecule has 1 unspecified atom stereocenters. The zero-order chi connectivity index (χ0) is 18.0. The van der Waals surface area contributed by atoms with E-state index in [9.17, 15) is 5.26 Å². The van der Waals surface area contributed by atoms with Crippen LogP contribution in [0.4, 0.5) is 11.6 Å². The van der Waals surface area contributed by atoms with E-state index in [0.717, 1.165) is 54.5 Å². The summed E-state index contributed by atoms with van der Waals surface area (Å²) >= 11 is 6.26. The number of nitriles is 1. The van der Waals surface area contributed by atoms with Crippen LogP contribution in [0.15, 0.2) is 12.4 Å². The predicted molar refractivity (Wildman–Crippen MR) is 99.1 cm³/mol. The first-order chi connectivity index (χ1) is 12.0. The quantitative estimate of drug-likeness (QED) is 0.908. The molecule has 0 aliphatic carbocycles. The Bertz CT molecular complexity index is 829. The van der Waals surface area contributed by atoms with Crippen LogP contribution in [0.5, 0.6) is 0 Å². The lowest BCUT2D eigenvalue weighted by Crippen LogP contribution is -2.43. The molecule has 3 heterocycles. The van der Waals surface area contributed by atoms with E-state index in [1.165, 1.54) is 0 Å². The molecular formula is C18H21ClN6. The van der Waals surface area contributed by atoms with Gasteiger partial charge in [-0.25, -0.2) is 15.0 Å². The molecule has 0 radical (unpaired) electrons. The van der Waals surface area contributed by atoms with Gasteiger partial charge in [-0.3, -0.25) is 0 Å². The Morgan fingerprint density at radius 3 is 2.84 bits per heavy atom. The van der Waals surface area contributed by atoms with Crippen molar-refractivity contribution in [3.63, 3.8) is 0 Å². The lowest BCUT2D eigenvalue weighted by atomic mass is 10.0. The number of halogens is 1. The van der Waals surface area contributed by atoms with Crippen molar-refractivity contribution in [2.45, 2.75) is 39.7 Å². The predicted octanol–water partition coefficient (Wildman–Crippen LogP) is 3.40. The highest BCUT2D eigenvalue weighted by molar-refractivity contribution is 6.32. The van der Waals surface area contributed by atoms with E-state index in [0.29, 0.717) is 10.6 Å².